The molecule has 0 saturated carbocycles. The number of hydrogen-bond acceptors (Lipinski definition) is 4. The maximum Gasteiger partial charge on any atom is 0.264 e. The van der Waals surface area contributed by atoms with Crippen LogP contribution in [0.3, 0.4) is 0 Å². The highest BCUT2D eigenvalue weighted by Crippen LogP contribution is 2.28. The van der Waals surface area contributed by atoms with E-state index in [9.17, 15) is 13.2 Å². The second-order valence-corrected chi connectivity index (χ2v) is 9.28. The molecule has 3 rings (SSSR count). The number of sulfonamides is 1. The van der Waals surface area contributed by atoms with E-state index in [1.165, 1.54) is 16.4 Å². The number of anilines is 1. The van der Waals surface area contributed by atoms with Gasteiger partial charge in [0.05, 0.1) is 10.6 Å². The smallest absolute Gasteiger partial charge is 0.264 e. The first-order chi connectivity index (χ1) is 14.4. The first kappa shape index (κ1) is 22.1. The van der Waals surface area contributed by atoms with Gasteiger partial charge in [-0.05, 0) is 61.4 Å². The van der Waals surface area contributed by atoms with Crippen LogP contribution in [0.5, 0.6) is 0 Å². The van der Waals surface area contributed by atoms with Crippen molar-refractivity contribution in [2.75, 3.05) is 10.8 Å². The number of rotatable bonds is 10. The van der Waals surface area contributed by atoms with Crippen LogP contribution in [-0.2, 0) is 14.8 Å². The molecule has 0 saturated heterocycles. The van der Waals surface area contributed by atoms with Gasteiger partial charge < -0.3 is 4.98 Å². The molecule has 0 unspecified atom stereocenters. The molecule has 0 spiro atoms. The van der Waals surface area contributed by atoms with Crippen molar-refractivity contribution in [2.24, 2.45) is 0 Å². The maximum absolute atomic E-state index is 13.4. The first-order valence-electron chi connectivity index (χ1n) is 9.70. The van der Waals surface area contributed by atoms with E-state index in [1.807, 2.05) is 24.4 Å². The number of nitrogens with one attached hydrogen (secondary N) is 2. The minimum Gasteiger partial charge on any atom is -0.361 e. The number of amides is 1. The van der Waals surface area contributed by atoms with E-state index >= 15 is 0 Å². The number of H-pyrrole nitrogens is 1. The SMILES string of the molecule is O=C(CCCCCCN(c1ccc2[nH]ccc2c1)S(=O)(=O)c1ccc(Cl)cc1)NO. The van der Waals surface area contributed by atoms with Gasteiger partial charge in [0.2, 0.25) is 5.91 Å². The zero-order valence-electron chi connectivity index (χ0n) is 16.3. The van der Waals surface area contributed by atoms with Crippen molar-refractivity contribution in [2.45, 2.75) is 37.0 Å². The van der Waals surface area contributed by atoms with E-state index in [1.54, 1.807) is 23.7 Å². The van der Waals surface area contributed by atoms with E-state index < -0.39 is 15.9 Å². The molecule has 0 aliphatic heterocycles. The summed E-state index contributed by atoms with van der Waals surface area (Å²) in [6, 6.07) is 13.5. The number of aromatic amines is 1. The monoisotopic (exact) mass is 449 g/mol. The predicted octanol–water partition coefficient (Wildman–Crippen LogP) is 4.47. The highest BCUT2D eigenvalue weighted by atomic mass is 35.5. The summed E-state index contributed by atoms with van der Waals surface area (Å²) in [7, 11) is -3.77. The molecule has 160 valence electrons. The quantitative estimate of drug-likeness (QED) is 0.241. The summed E-state index contributed by atoms with van der Waals surface area (Å²) in [4.78, 5) is 14.4. The lowest BCUT2D eigenvalue weighted by Gasteiger charge is -2.25. The normalized spacial score (nSPS) is 11.5. The standard InChI is InChI=1S/C21H24ClN3O4S/c22-17-6-9-19(10-7-17)30(28,29)25(14-4-2-1-3-5-21(26)24-27)18-8-11-20-16(15-18)12-13-23-20/h6-13,15,23,27H,1-5,14H2,(H,24,26). The van der Waals surface area contributed by atoms with Crippen LogP contribution in [0.25, 0.3) is 10.9 Å². The minimum atomic E-state index is -3.77. The van der Waals surface area contributed by atoms with Crippen LogP contribution in [0.4, 0.5) is 5.69 Å². The molecule has 9 heteroatoms. The number of nitrogens with zero attached hydrogens (tertiary/aromatic N) is 1. The Kier molecular flexibility index (Phi) is 7.36. The number of halogens is 1. The fraction of sp³-hybridized carbons (Fsp3) is 0.286. The molecule has 3 aromatic rings. The number of hydrogen-bond donors (Lipinski definition) is 3. The molecule has 30 heavy (non-hydrogen) atoms. The van der Waals surface area contributed by atoms with Gasteiger partial charge in [-0.1, -0.05) is 24.4 Å². The third-order valence-corrected chi connectivity index (χ3v) is 6.96. The second kappa shape index (κ2) is 9.97. The molecular formula is C21H24ClN3O4S. The fourth-order valence-corrected chi connectivity index (χ4v) is 4.89. The predicted molar refractivity (Wildman–Crippen MR) is 117 cm³/mol. The van der Waals surface area contributed by atoms with Crippen LogP contribution in [0.15, 0.2) is 59.6 Å². The van der Waals surface area contributed by atoms with Gasteiger partial charge in [0.15, 0.2) is 0 Å². The number of unbranched alkanes of at least 4 members (excludes halogenated alkanes) is 3. The zero-order valence-corrected chi connectivity index (χ0v) is 17.9. The third-order valence-electron chi connectivity index (χ3n) is 4.87. The molecule has 0 atom stereocenters. The van der Waals surface area contributed by atoms with Gasteiger partial charge in [0, 0.05) is 35.1 Å². The van der Waals surface area contributed by atoms with Crippen LogP contribution in [0, 0.1) is 0 Å². The number of aromatic nitrogens is 1. The van der Waals surface area contributed by atoms with Gasteiger partial charge in [0.25, 0.3) is 10.0 Å². The van der Waals surface area contributed by atoms with Crippen LogP contribution in [-0.4, -0.2) is 31.1 Å². The van der Waals surface area contributed by atoms with E-state index in [4.69, 9.17) is 16.8 Å². The minimum absolute atomic E-state index is 0.181. The third kappa shape index (κ3) is 5.33. The maximum atomic E-state index is 13.4. The molecule has 0 aliphatic rings. The number of hydroxylamine groups is 1. The molecule has 0 bridgehead atoms. The molecule has 0 aliphatic carbocycles. The van der Waals surface area contributed by atoms with Gasteiger partial charge in [-0.25, -0.2) is 13.9 Å². The molecule has 3 N–H and O–H groups in total. The Labute approximate surface area is 180 Å². The Morgan fingerprint density at radius 2 is 1.77 bits per heavy atom. The van der Waals surface area contributed by atoms with Crippen LogP contribution in [0.2, 0.25) is 5.02 Å². The van der Waals surface area contributed by atoms with Gasteiger partial charge in [-0.15, -0.1) is 0 Å². The lowest BCUT2D eigenvalue weighted by atomic mass is 10.1. The summed E-state index contributed by atoms with van der Waals surface area (Å²) in [5.74, 6) is -0.415. The molecule has 2 aromatic carbocycles. The average Bonchev–Trinajstić information content (AvgIpc) is 3.21. The van der Waals surface area contributed by atoms with Crippen molar-refractivity contribution in [3.05, 3.63) is 59.8 Å². The number of carbonyl (C=O) groups excluding carboxylic acids is 1. The Balaban J connectivity index is 1.78. The fourth-order valence-electron chi connectivity index (χ4n) is 3.27. The molecule has 7 nitrogen and oxygen atoms in total. The van der Waals surface area contributed by atoms with Gasteiger partial charge in [-0.2, -0.15) is 0 Å². The largest absolute Gasteiger partial charge is 0.361 e. The zero-order chi connectivity index (χ0) is 21.6. The molecule has 1 heterocycles. The Hall–Kier alpha value is -2.55. The van der Waals surface area contributed by atoms with Crippen molar-refractivity contribution in [1.82, 2.24) is 10.5 Å². The summed E-state index contributed by atoms with van der Waals surface area (Å²) in [6.45, 7) is 0.313. The summed E-state index contributed by atoms with van der Waals surface area (Å²) in [6.07, 6.45) is 4.85. The summed E-state index contributed by atoms with van der Waals surface area (Å²) in [5.41, 5.74) is 3.14. The highest BCUT2D eigenvalue weighted by molar-refractivity contribution is 7.92. The summed E-state index contributed by atoms with van der Waals surface area (Å²) < 4.78 is 28.1. The van der Waals surface area contributed by atoms with E-state index in [-0.39, 0.29) is 11.3 Å². The van der Waals surface area contributed by atoms with E-state index in [0.29, 0.717) is 30.1 Å². The van der Waals surface area contributed by atoms with Crippen molar-refractivity contribution < 1.29 is 18.4 Å². The van der Waals surface area contributed by atoms with Crippen LogP contribution >= 0.6 is 11.6 Å². The van der Waals surface area contributed by atoms with Crippen LogP contribution < -0.4 is 9.79 Å². The number of benzene rings is 2. The van der Waals surface area contributed by atoms with Gasteiger partial charge in [0.1, 0.15) is 0 Å². The molecule has 1 amide bonds. The van der Waals surface area contributed by atoms with Gasteiger partial charge >= 0.3 is 0 Å². The Morgan fingerprint density at radius 1 is 1.03 bits per heavy atom. The molecule has 0 radical (unpaired) electrons. The van der Waals surface area contributed by atoms with E-state index in [0.717, 1.165) is 23.7 Å². The van der Waals surface area contributed by atoms with Gasteiger partial charge in [-0.3, -0.25) is 14.3 Å². The number of carbonyl (C=O) groups is 1. The Morgan fingerprint density at radius 3 is 2.50 bits per heavy atom. The van der Waals surface area contributed by atoms with Crippen molar-refractivity contribution >= 4 is 44.1 Å². The number of fused-ring (bicyclic) bond motifs is 1. The lowest BCUT2D eigenvalue weighted by molar-refractivity contribution is -0.129. The molecule has 0 fully saturated rings. The summed E-state index contributed by atoms with van der Waals surface area (Å²) >= 11 is 5.92. The Bertz CT molecular complexity index is 1100. The lowest BCUT2D eigenvalue weighted by Crippen LogP contribution is -2.32. The first-order valence-corrected chi connectivity index (χ1v) is 11.5. The van der Waals surface area contributed by atoms with Crippen molar-refractivity contribution in [3.63, 3.8) is 0 Å². The van der Waals surface area contributed by atoms with Crippen molar-refractivity contribution in [3.8, 4) is 0 Å². The van der Waals surface area contributed by atoms with Crippen LogP contribution in [0.1, 0.15) is 32.1 Å². The highest BCUT2D eigenvalue weighted by Gasteiger charge is 2.25. The molecule has 1 aromatic heterocycles. The second-order valence-electron chi connectivity index (χ2n) is 6.98. The summed E-state index contributed by atoms with van der Waals surface area (Å²) in [5, 5.41) is 9.93. The molecular weight excluding hydrogens is 426 g/mol. The topological polar surface area (TPSA) is 103 Å². The van der Waals surface area contributed by atoms with E-state index in [2.05, 4.69) is 4.98 Å². The average molecular weight is 450 g/mol. The van der Waals surface area contributed by atoms with Crippen molar-refractivity contribution in [1.29, 1.82) is 0 Å².